The molecule has 0 heterocycles. The van der Waals surface area contributed by atoms with Crippen molar-refractivity contribution in [2.75, 3.05) is 0 Å². The van der Waals surface area contributed by atoms with Crippen molar-refractivity contribution in [1.29, 1.82) is 0 Å². The van der Waals surface area contributed by atoms with Crippen LogP contribution in [0.3, 0.4) is 0 Å². The van der Waals surface area contributed by atoms with Gasteiger partial charge in [-0.25, -0.2) is 0 Å². The summed E-state index contributed by atoms with van der Waals surface area (Å²) in [5.41, 5.74) is 6.92. The Balaban J connectivity index is 2.77. The van der Waals surface area contributed by atoms with Crippen LogP contribution in [0.5, 0.6) is 0 Å². The van der Waals surface area contributed by atoms with Gasteiger partial charge in [-0.3, -0.25) is 4.79 Å². The maximum atomic E-state index is 12.2. The molecule has 0 bridgehead atoms. The topological polar surface area (TPSA) is 55.1 Å². The van der Waals surface area contributed by atoms with E-state index in [9.17, 15) is 4.79 Å². The van der Waals surface area contributed by atoms with E-state index >= 15 is 0 Å². The Kier molecular flexibility index (Phi) is 5.55. The van der Waals surface area contributed by atoms with E-state index in [0.29, 0.717) is 0 Å². The van der Waals surface area contributed by atoms with E-state index in [4.69, 9.17) is 5.73 Å². The number of rotatable bonds is 5. The van der Waals surface area contributed by atoms with Crippen LogP contribution in [0.2, 0.25) is 0 Å². The number of carbonyl (C=O) groups excluding carboxylic acids is 1. The van der Waals surface area contributed by atoms with Crippen LogP contribution >= 0.6 is 0 Å². The number of hydrogen-bond acceptors (Lipinski definition) is 2. The maximum absolute atomic E-state index is 12.2. The first-order chi connectivity index (χ1) is 8.86. The molecule has 0 spiro atoms. The van der Waals surface area contributed by atoms with Crippen molar-refractivity contribution in [3.63, 3.8) is 0 Å². The van der Waals surface area contributed by atoms with E-state index < -0.39 is 6.04 Å². The van der Waals surface area contributed by atoms with Gasteiger partial charge in [-0.05, 0) is 17.4 Å². The number of benzene rings is 1. The molecule has 1 aromatic carbocycles. The van der Waals surface area contributed by atoms with Crippen molar-refractivity contribution >= 4 is 5.91 Å². The Bertz CT molecular complexity index is 395. The molecule has 19 heavy (non-hydrogen) atoms. The maximum Gasteiger partial charge on any atom is 0.237 e. The lowest BCUT2D eigenvalue weighted by molar-refractivity contribution is -0.125. The predicted octanol–water partition coefficient (Wildman–Crippen LogP) is 3.02. The zero-order valence-electron chi connectivity index (χ0n) is 12.4. The minimum Gasteiger partial charge on any atom is -0.348 e. The second-order valence-corrected chi connectivity index (χ2v) is 6.10. The Morgan fingerprint density at radius 1 is 1.26 bits per heavy atom. The quantitative estimate of drug-likeness (QED) is 0.857. The third kappa shape index (κ3) is 4.67. The lowest BCUT2D eigenvalue weighted by Gasteiger charge is -2.28. The fourth-order valence-corrected chi connectivity index (χ4v) is 1.95. The highest BCUT2D eigenvalue weighted by Gasteiger charge is 2.28. The molecule has 0 aromatic heterocycles. The fraction of sp³-hybridized carbons (Fsp3) is 0.562. The van der Waals surface area contributed by atoms with Crippen LogP contribution in [-0.4, -0.2) is 11.9 Å². The molecule has 0 saturated carbocycles. The number of nitrogens with two attached hydrogens (primary N) is 1. The summed E-state index contributed by atoms with van der Waals surface area (Å²) < 4.78 is 0. The third-order valence-corrected chi connectivity index (χ3v) is 3.31. The minimum absolute atomic E-state index is 0.0482. The first kappa shape index (κ1) is 15.7. The smallest absolute Gasteiger partial charge is 0.237 e. The SMILES string of the molecule is CCCC(NC(=O)[C@@H](N)C(C)(C)C)c1ccccc1. The largest absolute Gasteiger partial charge is 0.348 e. The van der Waals surface area contributed by atoms with E-state index in [0.717, 1.165) is 18.4 Å². The summed E-state index contributed by atoms with van der Waals surface area (Å²) in [6.07, 6.45) is 1.94. The molecule has 1 unspecified atom stereocenters. The van der Waals surface area contributed by atoms with Crippen LogP contribution < -0.4 is 11.1 Å². The molecule has 0 radical (unpaired) electrons. The summed E-state index contributed by atoms with van der Waals surface area (Å²) in [5, 5.41) is 3.08. The summed E-state index contributed by atoms with van der Waals surface area (Å²) in [4.78, 5) is 12.2. The highest BCUT2D eigenvalue weighted by molar-refractivity contribution is 5.82. The highest BCUT2D eigenvalue weighted by atomic mass is 16.2. The molecular weight excluding hydrogens is 236 g/mol. The molecule has 1 aromatic rings. The Morgan fingerprint density at radius 3 is 2.32 bits per heavy atom. The predicted molar refractivity (Wildman–Crippen MR) is 79.7 cm³/mol. The van der Waals surface area contributed by atoms with Gasteiger partial charge in [0.05, 0.1) is 12.1 Å². The first-order valence-electron chi connectivity index (χ1n) is 6.97. The molecule has 0 saturated heterocycles. The molecule has 0 aliphatic carbocycles. The summed E-state index contributed by atoms with van der Waals surface area (Å²) >= 11 is 0. The molecule has 3 heteroatoms. The van der Waals surface area contributed by atoms with Crippen molar-refractivity contribution in [3.05, 3.63) is 35.9 Å². The van der Waals surface area contributed by atoms with Crippen molar-refractivity contribution in [2.24, 2.45) is 11.1 Å². The zero-order chi connectivity index (χ0) is 14.5. The minimum atomic E-state index is -0.490. The van der Waals surface area contributed by atoms with E-state index in [2.05, 4.69) is 12.2 Å². The second-order valence-electron chi connectivity index (χ2n) is 6.10. The van der Waals surface area contributed by atoms with Crippen molar-refractivity contribution < 1.29 is 4.79 Å². The third-order valence-electron chi connectivity index (χ3n) is 3.31. The summed E-state index contributed by atoms with van der Waals surface area (Å²) in [6.45, 7) is 8.06. The molecule has 3 N–H and O–H groups in total. The first-order valence-corrected chi connectivity index (χ1v) is 6.97. The van der Waals surface area contributed by atoms with Gasteiger partial charge in [0.2, 0.25) is 5.91 Å². The van der Waals surface area contributed by atoms with Crippen molar-refractivity contribution in [1.82, 2.24) is 5.32 Å². The van der Waals surface area contributed by atoms with Crippen LogP contribution in [-0.2, 0) is 4.79 Å². The summed E-state index contributed by atoms with van der Waals surface area (Å²) in [6, 6.07) is 9.62. The summed E-state index contributed by atoms with van der Waals surface area (Å²) in [7, 11) is 0. The van der Waals surface area contributed by atoms with E-state index in [1.54, 1.807) is 0 Å². The van der Waals surface area contributed by atoms with Gasteiger partial charge in [0.15, 0.2) is 0 Å². The van der Waals surface area contributed by atoms with Gasteiger partial charge in [-0.1, -0.05) is 64.4 Å². The van der Waals surface area contributed by atoms with Crippen molar-refractivity contribution in [2.45, 2.75) is 52.6 Å². The van der Waals surface area contributed by atoms with Gasteiger partial charge in [0.1, 0.15) is 0 Å². The molecule has 0 fully saturated rings. The van der Waals surface area contributed by atoms with Gasteiger partial charge < -0.3 is 11.1 Å². The molecule has 0 aliphatic rings. The van der Waals surface area contributed by atoms with Crippen LogP contribution in [0.25, 0.3) is 0 Å². The average molecular weight is 262 g/mol. The second kappa shape index (κ2) is 6.71. The normalized spacial score (nSPS) is 14.8. The zero-order valence-corrected chi connectivity index (χ0v) is 12.4. The van der Waals surface area contributed by atoms with Crippen LogP contribution in [0.4, 0.5) is 0 Å². The average Bonchev–Trinajstić information content (AvgIpc) is 2.37. The van der Waals surface area contributed by atoms with Crippen molar-refractivity contribution in [3.8, 4) is 0 Å². The standard InChI is InChI=1S/C16H26N2O/c1-5-9-13(12-10-7-6-8-11-12)18-15(19)14(17)16(2,3)4/h6-8,10-11,13-14H,5,9,17H2,1-4H3,(H,18,19)/t13?,14-/m1/s1. The van der Waals surface area contributed by atoms with Crippen LogP contribution in [0, 0.1) is 5.41 Å². The van der Waals surface area contributed by atoms with Gasteiger partial charge in [0.25, 0.3) is 0 Å². The number of amides is 1. The number of hydrogen-bond donors (Lipinski definition) is 2. The Morgan fingerprint density at radius 2 is 1.84 bits per heavy atom. The van der Waals surface area contributed by atoms with Gasteiger partial charge in [0, 0.05) is 0 Å². The Labute approximate surface area is 116 Å². The van der Waals surface area contributed by atoms with Crippen LogP contribution in [0.15, 0.2) is 30.3 Å². The fourth-order valence-electron chi connectivity index (χ4n) is 1.95. The van der Waals surface area contributed by atoms with E-state index in [1.165, 1.54) is 0 Å². The lowest BCUT2D eigenvalue weighted by atomic mass is 9.86. The molecule has 3 nitrogen and oxygen atoms in total. The van der Waals surface area contributed by atoms with Crippen LogP contribution in [0.1, 0.15) is 52.1 Å². The van der Waals surface area contributed by atoms with Gasteiger partial charge in [-0.15, -0.1) is 0 Å². The Hall–Kier alpha value is -1.35. The molecule has 106 valence electrons. The van der Waals surface area contributed by atoms with E-state index in [1.807, 2.05) is 51.1 Å². The van der Waals surface area contributed by atoms with Gasteiger partial charge >= 0.3 is 0 Å². The summed E-state index contributed by atoms with van der Waals surface area (Å²) in [5.74, 6) is -0.0743. The monoisotopic (exact) mass is 262 g/mol. The molecule has 1 amide bonds. The molecule has 1 rings (SSSR count). The molecule has 2 atom stereocenters. The molecule has 0 aliphatic heterocycles. The lowest BCUT2D eigenvalue weighted by Crippen LogP contribution is -2.49. The highest BCUT2D eigenvalue weighted by Crippen LogP contribution is 2.21. The number of nitrogens with one attached hydrogen (secondary N) is 1. The molecular formula is C16H26N2O. The van der Waals surface area contributed by atoms with Gasteiger partial charge in [-0.2, -0.15) is 0 Å². The van der Waals surface area contributed by atoms with E-state index in [-0.39, 0.29) is 17.4 Å². The number of carbonyl (C=O) groups is 1.